The van der Waals surface area contributed by atoms with Crippen LogP contribution in [0.15, 0.2) is 18.2 Å². The number of hydrogen-bond acceptors (Lipinski definition) is 6. The maximum atomic E-state index is 13.4. The van der Waals surface area contributed by atoms with Gasteiger partial charge in [-0.3, -0.25) is 9.59 Å². The molecule has 4 aliphatic rings. The van der Waals surface area contributed by atoms with Gasteiger partial charge in [-0.2, -0.15) is 0 Å². The Morgan fingerprint density at radius 2 is 1.65 bits per heavy atom. The van der Waals surface area contributed by atoms with Crippen molar-refractivity contribution in [3.63, 3.8) is 0 Å². The zero-order valence-electron chi connectivity index (χ0n) is 19.1. The summed E-state index contributed by atoms with van der Waals surface area (Å²) in [5.74, 6) is 1.62. The number of carbonyl (C=O) groups is 2. The van der Waals surface area contributed by atoms with Crippen LogP contribution in [0.4, 0.5) is 0 Å². The zero-order chi connectivity index (χ0) is 22.4. The van der Waals surface area contributed by atoms with E-state index in [4.69, 9.17) is 9.47 Å². The number of aliphatic hydroxyl groups is 1. The number of nitrogens with one attached hydrogen (secondary N) is 1. The van der Waals surface area contributed by atoms with Crippen molar-refractivity contribution in [3.05, 3.63) is 23.8 Å². The predicted molar refractivity (Wildman–Crippen MR) is 117 cm³/mol. The monoisotopic (exact) mass is 429 g/mol. The normalized spacial score (nSPS) is 30.2. The summed E-state index contributed by atoms with van der Waals surface area (Å²) in [5.41, 5.74) is 0.0675. The lowest BCUT2D eigenvalue weighted by Gasteiger charge is -2.55. The van der Waals surface area contributed by atoms with Gasteiger partial charge in [0, 0.05) is 19.0 Å². The van der Waals surface area contributed by atoms with Crippen LogP contribution in [0.3, 0.4) is 0 Å². The number of carbonyl (C=O) groups excluding carboxylic acids is 2. The molecule has 2 N–H and O–H groups in total. The molecule has 1 aromatic rings. The van der Waals surface area contributed by atoms with Gasteiger partial charge < -0.3 is 19.9 Å². The Labute approximate surface area is 184 Å². The van der Waals surface area contributed by atoms with E-state index in [1.54, 1.807) is 18.2 Å². The van der Waals surface area contributed by atoms with Gasteiger partial charge >= 0.3 is 11.9 Å². The fourth-order valence-corrected chi connectivity index (χ4v) is 6.14. The van der Waals surface area contributed by atoms with Crippen LogP contribution >= 0.6 is 0 Å². The molecule has 0 aromatic heterocycles. The number of benzene rings is 1. The average molecular weight is 430 g/mol. The predicted octanol–water partition coefficient (Wildman–Crippen LogP) is 4.16. The highest BCUT2D eigenvalue weighted by atomic mass is 16.6. The maximum Gasteiger partial charge on any atom is 0.317 e. The topological polar surface area (TPSA) is 84.9 Å². The van der Waals surface area contributed by atoms with E-state index in [1.165, 1.54) is 26.2 Å². The van der Waals surface area contributed by atoms with Crippen LogP contribution in [0.25, 0.3) is 0 Å². The minimum Gasteiger partial charge on any atom is -0.423 e. The summed E-state index contributed by atoms with van der Waals surface area (Å²) in [6, 6.07) is 4.93. The highest BCUT2D eigenvalue weighted by Crippen LogP contribution is 2.60. The lowest BCUT2D eigenvalue weighted by Crippen LogP contribution is -2.51. The Morgan fingerprint density at radius 1 is 1.06 bits per heavy atom. The fraction of sp³-hybridized carbons (Fsp3) is 0.680. The number of esters is 2. The Bertz CT molecular complexity index is 821. The first kappa shape index (κ1) is 22.3. The first-order valence-corrected chi connectivity index (χ1v) is 11.5. The molecule has 0 heterocycles. The van der Waals surface area contributed by atoms with E-state index in [0.29, 0.717) is 29.9 Å². The van der Waals surface area contributed by atoms with Crippen molar-refractivity contribution in [2.75, 3.05) is 6.54 Å². The standard InChI is InChI=1S/C25H35NO5/c1-15(27)30-21-6-5-19(20(28)14-26-24(2,3)4)10-22(21)31-23(29)25-11-16-7-17(12-25)9-18(8-16)13-25/h5-6,10,16-18,20,26,28H,7-9,11-14H2,1-4H3. The summed E-state index contributed by atoms with van der Waals surface area (Å²) in [7, 11) is 0. The number of β-amino-alcohol motifs (C(OH)–C–C–N with tert-alkyl or cyclic N) is 1. The molecular formula is C25H35NO5. The van der Waals surface area contributed by atoms with E-state index < -0.39 is 17.5 Å². The van der Waals surface area contributed by atoms with Gasteiger partial charge in [0.25, 0.3) is 0 Å². The van der Waals surface area contributed by atoms with Crippen LogP contribution in [-0.2, 0) is 9.59 Å². The van der Waals surface area contributed by atoms with E-state index in [-0.39, 0.29) is 23.0 Å². The molecule has 6 heteroatoms. The van der Waals surface area contributed by atoms with Crippen LogP contribution in [0.2, 0.25) is 0 Å². The second-order valence-electron chi connectivity index (χ2n) is 11.0. The van der Waals surface area contributed by atoms with Gasteiger partial charge in [0.05, 0.1) is 11.5 Å². The molecule has 0 spiro atoms. The molecule has 0 aliphatic heterocycles. The van der Waals surface area contributed by atoms with Gasteiger partial charge in [0.2, 0.25) is 0 Å². The molecular weight excluding hydrogens is 394 g/mol. The van der Waals surface area contributed by atoms with Crippen molar-refractivity contribution < 1.29 is 24.2 Å². The van der Waals surface area contributed by atoms with E-state index in [2.05, 4.69) is 5.32 Å². The quantitative estimate of drug-likeness (QED) is 0.522. The summed E-state index contributed by atoms with van der Waals surface area (Å²) >= 11 is 0. The third kappa shape index (κ3) is 4.96. The van der Waals surface area contributed by atoms with Gasteiger partial charge in [-0.25, -0.2) is 0 Å². The molecule has 4 saturated carbocycles. The van der Waals surface area contributed by atoms with E-state index in [1.807, 2.05) is 20.8 Å². The summed E-state index contributed by atoms with van der Waals surface area (Å²) in [4.78, 5) is 25.0. The molecule has 0 radical (unpaired) electrons. The van der Waals surface area contributed by atoms with Crippen molar-refractivity contribution in [3.8, 4) is 11.5 Å². The fourth-order valence-electron chi connectivity index (χ4n) is 6.14. The zero-order valence-corrected chi connectivity index (χ0v) is 19.1. The smallest absolute Gasteiger partial charge is 0.317 e. The highest BCUT2D eigenvalue weighted by Gasteiger charge is 2.55. The van der Waals surface area contributed by atoms with E-state index >= 15 is 0 Å². The number of aliphatic hydroxyl groups excluding tert-OH is 1. The highest BCUT2D eigenvalue weighted by molar-refractivity contribution is 5.81. The third-order valence-electron chi connectivity index (χ3n) is 7.11. The van der Waals surface area contributed by atoms with Crippen LogP contribution in [0, 0.1) is 23.2 Å². The molecule has 1 atom stereocenters. The first-order chi connectivity index (χ1) is 14.5. The van der Waals surface area contributed by atoms with Crippen molar-refractivity contribution in [1.29, 1.82) is 0 Å². The molecule has 1 aromatic carbocycles. The number of ether oxygens (including phenoxy) is 2. The minimum atomic E-state index is -0.775. The molecule has 5 rings (SSSR count). The van der Waals surface area contributed by atoms with E-state index in [0.717, 1.165) is 19.3 Å². The number of hydrogen-bond donors (Lipinski definition) is 2. The lowest BCUT2D eigenvalue weighted by molar-refractivity contribution is -0.161. The Balaban J connectivity index is 1.55. The van der Waals surface area contributed by atoms with Crippen LogP contribution < -0.4 is 14.8 Å². The van der Waals surface area contributed by atoms with Crippen LogP contribution in [-0.4, -0.2) is 29.1 Å². The molecule has 4 aliphatic carbocycles. The SMILES string of the molecule is CC(=O)Oc1ccc(C(O)CNC(C)(C)C)cc1OC(=O)C12CC3CC(CC(C3)C1)C2. The van der Waals surface area contributed by atoms with Crippen molar-refractivity contribution in [2.24, 2.45) is 23.2 Å². The molecule has 170 valence electrons. The summed E-state index contributed by atoms with van der Waals surface area (Å²) in [6.45, 7) is 7.77. The molecule has 0 amide bonds. The molecule has 0 saturated heterocycles. The summed E-state index contributed by atoms with van der Waals surface area (Å²) in [5, 5.41) is 13.9. The maximum absolute atomic E-state index is 13.4. The Hall–Kier alpha value is -1.92. The molecule has 4 bridgehead atoms. The third-order valence-corrected chi connectivity index (χ3v) is 7.11. The van der Waals surface area contributed by atoms with Crippen molar-refractivity contribution >= 4 is 11.9 Å². The molecule has 6 nitrogen and oxygen atoms in total. The Morgan fingerprint density at radius 3 is 2.16 bits per heavy atom. The van der Waals surface area contributed by atoms with E-state index in [9.17, 15) is 14.7 Å². The number of rotatable bonds is 6. The van der Waals surface area contributed by atoms with Gasteiger partial charge in [-0.1, -0.05) is 6.07 Å². The van der Waals surface area contributed by atoms with Crippen molar-refractivity contribution in [1.82, 2.24) is 5.32 Å². The van der Waals surface area contributed by atoms with Crippen molar-refractivity contribution in [2.45, 2.75) is 77.9 Å². The Kier molecular flexibility index (Phi) is 5.90. The minimum absolute atomic E-state index is 0.132. The molecule has 31 heavy (non-hydrogen) atoms. The second-order valence-corrected chi connectivity index (χ2v) is 11.0. The van der Waals surface area contributed by atoms with Gasteiger partial charge in [0.15, 0.2) is 11.5 Å². The van der Waals surface area contributed by atoms with Gasteiger partial charge in [0.1, 0.15) is 0 Å². The second kappa shape index (κ2) is 8.21. The summed E-state index contributed by atoms with van der Waals surface area (Å²) in [6.07, 6.45) is 5.66. The molecule has 1 unspecified atom stereocenters. The average Bonchev–Trinajstić information content (AvgIpc) is 2.65. The largest absolute Gasteiger partial charge is 0.423 e. The summed E-state index contributed by atoms with van der Waals surface area (Å²) < 4.78 is 11.2. The van der Waals surface area contributed by atoms with Gasteiger partial charge in [-0.15, -0.1) is 0 Å². The van der Waals surface area contributed by atoms with Crippen LogP contribution in [0.5, 0.6) is 11.5 Å². The van der Waals surface area contributed by atoms with Crippen LogP contribution in [0.1, 0.15) is 77.9 Å². The first-order valence-electron chi connectivity index (χ1n) is 11.5. The molecule has 4 fully saturated rings. The lowest BCUT2D eigenvalue weighted by atomic mass is 9.49. The van der Waals surface area contributed by atoms with Gasteiger partial charge in [-0.05, 0) is 94.7 Å².